The maximum absolute atomic E-state index is 5.32. The molecule has 2 heterocycles. The first-order valence-electron chi connectivity index (χ1n) is 3.31. The van der Waals surface area contributed by atoms with E-state index in [1.54, 1.807) is 18.3 Å². The molecule has 0 aliphatic carbocycles. The van der Waals surface area contributed by atoms with Crippen LogP contribution < -0.4 is 5.73 Å². The third-order valence-corrected chi connectivity index (χ3v) is 1.30. The molecule has 0 aliphatic heterocycles. The topological polar surface area (TPSA) is 82.5 Å². The second-order valence-corrected chi connectivity index (χ2v) is 2.13. The standard InChI is InChI=1S/C6H6N6/c7-6-8-4-12(11-6)5-2-1-3-9-10-5/h1-4H,(H2,7,11). The van der Waals surface area contributed by atoms with Gasteiger partial charge in [-0.05, 0) is 12.1 Å². The number of rotatable bonds is 1. The van der Waals surface area contributed by atoms with Gasteiger partial charge in [0.25, 0.3) is 0 Å². The summed E-state index contributed by atoms with van der Waals surface area (Å²) in [5, 5.41) is 11.4. The van der Waals surface area contributed by atoms with Crippen LogP contribution in [0.25, 0.3) is 5.82 Å². The van der Waals surface area contributed by atoms with Crippen LogP contribution in [0.15, 0.2) is 24.7 Å². The van der Waals surface area contributed by atoms with Gasteiger partial charge in [0.2, 0.25) is 5.95 Å². The zero-order chi connectivity index (χ0) is 8.39. The van der Waals surface area contributed by atoms with Crippen molar-refractivity contribution < 1.29 is 0 Å². The molecule has 0 bridgehead atoms. The van der Waals surface area contributed by atoms with Crippen LogP contribution in [-0.4, -0.2) is 25.0 Å². The second-order valence-electron chi connectivity index (χ2n) is 2.13. The van der Waals surface area contributed by atoms with Crippen molar-refractivity contribution in [3.05, 3.63) is 24.7 Å². The van der Waals surface area contributed by atoms with Gasteiger partial charge in [0.1, 0.15) is 6.33 Å². The van der Waals surface area contributed by atoms with Crippen LogP contribution in [0.3, 0.4) is 0 Å². The van der Waals surface area contributed by atoms with Gasteiger partial charge in [-0.3, -0.25) is 0 Å². The Morgan fingerprint density at radius 3 is 2.92 bits per heavy atom. The molecule has 0 radical (unpaired) electrons. The molecule has 2 rings (SSSR count). The summed E-state index contributed by atoms with van der Waals surface area (Å²) < 4.78 is 1.46. The van der Waals surface area contributed by atoms with E-state index in [2.05, 4.69) is 20.3 Å². The van der Waals surface area contributed by atoms with Crippen LogP contribution >= 0.6 is 0 Å². The van der Waals surface area contributed by atoms with Gasteiger partial charge in [-0.25, -0.2) is 4.98 Å². The molecule has 0 unspecified atom stereocenters. The Labute approximate surface area is 68.1 Å². The SMILES string of the molecule is Nc1ncn(-c2cccnn2)n1. The van der Waals surface area contributed by atoms with Crippen molar-refractivity contribution in [2.24, 2.45) is 0 Å². The van der Waals surface area contributed by atoms with Crippen LogP contribution in [0.2, 0.25) is 0 Å². The fraction of sp³-hybridized carbons (Fsp3) is 0. The molecule has 0 saturated heterocycles. The van der Waals surface area contributed by atoms with Crippen molar-refractivity contribution in [1.82, 2.24) is 25.0 Å². The number of nitrogens with two attached hydrogens (primary N) is 1. The van der Waals surface area contributed by atoms with Gasteiger partial charge in [-0.2, -0.15) is 9.78 Å². The molecule has 0 fully saturated rings. The van der Waals surface area contributed by atoms with Crippen LogP contribution in [0.4, 0.5) is 5.95 Å². The molecule has 0 saturated carbocycles. The van der Waals surface area contributed by atoms with Gasteiger partial charge >= 0.3 is 0 Å². The lowest BCUT2D eigenvalue weighted by Gasteiger charge is -1.94. The largest absolute Gasteiger partial charge is 0.366 e. The van der Waals surface area contributed by atoms with E-state index in [1.165, 1.54) is 11.0 Å². The molecule has 0 atom stereocenters. The van der Waals surface area contributed by atoms with Crippen molar-refractivity contribution in [2.45, 2.75) is 0 Å². The zero-order valence-corrected chi connectivity index (χ0v) is 6.12. The van der Waals surface area contributed by atoms with E-state index in [4.69, 9.17) is 5.73 Å². The number of aromatic nitrogens is 5. The lowest BCUT2D eigenvalue weighted by atomic mass is 10.5. The molecule has 12 heavy (non-hydrogen) atoms. The third kappa shape index (κ3) is 1.09. The molecule has 0 spiro atoms. The van der Waals surface area contributed by atoms with Crippen molar-refractivity contribution in [2.75, 3.05) is 5.73 Å². The fourth-order valence-corrected chi connectivity index (χ4v) is 0.802. The summed E-state index contributed by atoms with van der Waals surface area (Å²) in [6.45, 7) is 0. The molecule has 60 valence electrons. The van der Waals surface area contributed by atoms with Gasteiger partial charge in [-0.1, -0.05) is 0 Å². The normalized spacial score (nSPS) is 10.0. The molecule has 0 aromatic carbocycles. The molecule has 2 aromatic heterocycles. The van der Waals surface area contributed by atoms with E-state index in [0.29, 0.717) is 5.82 Å². The van der Waals surface area contributed by atoms with E-state index in [-0.39, 0.29) is 5.95 Å². The Hall–Kier alpha value is -1.98. The minimum Gasteiger partial charge on any atom is -0.366 e. The van der Waals surface area contributed by atoms with Gasteiger partial charge in [-0.15, -0.1) is 10.2 Å². The maximum Gasteiger partial charge on any atom is 0.239 e. The van der Waals surface area contributed by atoms with E-state index in [0.717, 1.165) is 0 Å². The van der Waals surface area contributed by atoms with E-state index in [9.17, 15) is 0 Å². The molecule has 0 aliphatic rings. The van der Waals surface area contributed by atoms with Crippen molar-refractivity contribution >= 4 is 5.95 Å². The number of hydrogen-bond acceptors (Lipinski definition) is 5. The number of nitrogens with zero attached hydrogens (tertiary/aromatic N) is 5. The van der Waals surface area contributed by atoms with Crippen LogP contribution in [0.5, 0.6) is 0 Å². The lowest BCUT2D eigenvalue weighted by Crippen LogP contribution is -1.99. The predicted octanol–water partition coefficient (Wildman–Crippen LogP) is -0.361. The summed E-state index contributed by atoms with van der Waals surface area (Å²) in [7, 11) is 0. The Kier molecular flexibility index (Phi) is 1.44. The first-order valence-corrected chi connectivity index (χ1v) is 3.31. The predicted molar refractivity (Wildman–Crippen MR) is 41.4 cm³/mol. The Bertz CT molecular complexity index is 367. The quantitative estimate of drug-likeness (QED) is 0.619. The molecular weight excluding hydrogens is 156 g/mol. The summed E-state index contributed by atoms with van der Waals surface area (Å²) in [6, 6.07) is 3.53. The summed E-state index contributed by atoms with van der Waals surface area (Å²) in [5.74, 6) is 0.822. The molecular formula is C6H6N6. The van der Waals surface area contributed by atoms with Crippen molar-refractivity contribution in [1.29, 1.82) is 0 Å². The highest BCUT2D eigenvalue weighted by atomic mass is 15.4. The molecule has 0 amide bonds. The minimum atomic E-state index is 0.223. The van der Waals surface area contributed by atoms with Crippen molar-refractivity contribution in [3.8, 4) is 5.82 Å². The molecule has 6 heteroatoms. The highest BCUT2D eigenvalue weighted by Gasteiger charge is 1.98. The third-order valence-electron chi connectivity index (χ3n) is 1.30. The van der Waals surface area contributed by atoms with Crippen LogP contribution in [-0.2, 0) is 0 Å². The molecule has 2 N–H and O–H groups in total. The Morgan fingerprint density at radius 2 is 2.33 bits per heavy atom. The van der Waals surface area contributed by atoms with E-state index >= 15 is 0 Å². The first-order chi connectivity index (χ1) is 5.86. The van der Waals surface area contributed by atoms with Gasteiger partial charge in [0.15, 0.2) is 5.82 Å². The highest BCUT2D eigenvalue weighted by Crippen LogP contribution is 1.99. The Balaban J connectivity index is 2.45. The van der Waals surface area contributed by atoms with E-state index in [1.807, 2.05) is 0 Å². The average Bonchev–Trinajstić information content (AvgIpc) is 2.54. The number of hydrogen-bond donors (Lipinski definition) is 1. The minimum absolute atomic E-state index is 0.223. The van der Waals surface area contributed by atoms with Crippen LogP contribution in [0, 0.1) is 0 Å². The summed E-state index contributed by atoms with van der Waals surface area (Å²) in [5.41, 5.74) is 5.32. The average molecular weight is 162 g/mol. The summed E-state index contributed by atoms with van der Waals surface area (Å²) >= 11 is 0. The second kappa shape index (κ2) is 2.57. The highest BCUT2D eigenvalue weighted by molar-refractivity contribution is 5.20. The fourth-order valence-electron chi connectivity index (χ4n) is 0.802. The Morgan fingerprint density at radius 1 is 1.42 bits per heavy atom. The molecule has 6 nitrogen and oxygen atoms in total. The molecule has 2 aromatic rings. The maximum atomic E-state index is 5.32. The monoisotopic (exact) mass is 162 g/mol. The number of anilines is 1. The number of nitrogen functional groups attached to an aromatic ring is 1. The van der Waals surface area contributed by atoms with Crippen LogP contribution in [0.1, 0.15) is 0 Å². The summed E-state index contributed by atoms with van der Waals surface area (Å²) in [6.07, 6.45) is 3.07. The van der Waals surface area contributed by atoms with Crippen molar-refractivity contribution in [3.63, 3.8) is 0 Å². The first kappa shape index (κ1) is 6.71. The zero-order valence-electron chi connectivity index (χ0n) is 6.12. The van der Waals surface area contributed by atoms with Gasteiger partial charge < -0.3 is 5.73 Å². The summed E-state index contributed by atoms with van der Waals surface area (Å²) in [4.78, 5) is 3.75. The smallest absolute Gasteiger partial charge is 0.239 e. The van der Waals surface area contributed by atoms with E-state index < -0.39 is 0 Å². The van der Waals surface area contributed by atoms with Gasteiger partial charge in [0.05, 0.1) is 0 Å². The lowest BCUT2D eigenvalue weighted by molar-refractivity contribution is 0.815. The van der Waals surface area contributed by atoms with Gasteiger partial charge in [0, 0.05) is 6.20 Å².